The van der Waals surface area contributed by atoms with Gasteiger partial charge in [-0.15, -0.1) is 0 Å². The molecule has 0 bridgehead atoms. The Balaban J connectivity index is 2.71. The van der Waals surface area contributed by atoms with Gasteiger partial charge in [0.2, 0.25) is 0 Å². The summed E-state index contributed by atoms with van der Waals surface area (Å²) in [5, 5.41) is 9.49. The number of H-pyrrole nitrogens is 1. The third-order valence-electron chi connectivity index (χ3n) is 2.66. The molecule has 0 aliphatic carbocycles. The molecule has 0 aliphatic heterocycles. The molecule has 2 rings (SSSR count). The molecule has 1 aromatic carbocycles. The zero-order valence-electron chi connectivity index (χ0n) is 10.5. The van der Waals surface area contributed by atoms with Crippen molar-refractivity contribution in [3.05, 3.63) is 34.1 Å². The quantitative estimate of drug-likeness (QED) is 0.875. The van der Waals surface area contributed by atoms with E-state index in [2.05, 4.69) is 4.98 Å². The lowest BCUT2D eigenvalue weighted by atomic mass is 10.1. The van der Waals surface area contributed by atoms with Gasteiger partial charge < -0.3 is 19.6 Å². The van der Waals surface area contributed by atoms with Crippen molar-refractivity contribution in [2.45, 2.75) is 6.92 Å². The van der Waals surface area contributed by atoms with Crippen molar-refractivity contribution in [2.24, 2.45) is 0 Å². The molecule has 6 nitrogen and oxygen atoms in total. The molecule has 0 spiro atoms. The number of nitrogens with one attached hydrogen (secondary N) is 1. The summed E-state index contributed by atoms with van der Waals surface area (Å²) >= 11 is 0. The van der Waals surface area contributed by atoms with E-state index in [0.717, 1.165) is 0 Å². The maximum atomic E-state index is 11.6. The molecule has 100 valence electrons. The fourth-order valence-corrected chi connectivity index (χ4v) is 1.80. The van der Waals surface area contributed by atoms with E-state index in [-0.39, 0.29) is 5.56 Å². The number of carboxylic acid groups (broad SMARTS) is 1. The summed E-state index contributed by atoms with van der Waals surface area (Å²) in [6.45, 7) is 2.29. The van der Waals surface area contributed by atoms with E-state index >= 15 is 0 Å². The molecule has 0 saturated heterocycles. The molecular weight excluding hydrogens is 250 g/mol. The summed E-state index contributed by atoms with van der Waals surface area (Å²) in [5.74, 6) is -0.286. The number of aromatic carboxylic acids is 1. The normalized spacial score (nSPS) is 10.4. The van der Waals surface area contributed by atoms with Gasteiger partial charge in [0, 0.05) is 11.5 Å². The van der Waals surface area contributed by atoms with Crippen molar-refractivity contribution >= 4 is 16.9 Å². The minimum atomic E-state index is -1.27. The largest absolute Gasteiger partial charge is 0.493 e. The molecule has 0 saturated carbocycles. The van der Waals surface area contributed by atoms with Crippen molar-refractivity contribution in [1.29, 1.82) is 0 Å². The van der Waals surface area contributed by atoms with Crippen LogP contribution in [0, 0.1) is 0 Å². The second-order valence-corrected chi connectivity index (χ2v) is 3.84. The van der Waals surface area contributed by atoms with Crippen molar-refractivity contribution in [3.63, 3.8) is 0 Å². The van der Waals surface area contributed by atoms with Gasteiger partial charge in [-0.1, -0.05) is 0 Å². The number of benzene rings is 1. The summed E-state index contributed by atoms with van der Waals surface area (Å²) in [7, 11) is 1.49. The Bertz CT molecular complexity index is 689. The highest BCUT2D eigenvalue weighted by atomic mass is 16.5. The van der Waals surface area contributed by atoms with Crippen LogP contribution >= 0.6 is 0 Å². The number of pyridine rings is 1. The molecule has 2 aromatic rings. The highest BCUT2D eigenvalue weighted by Crippen LogP contribution is 2.31. The molecule has 0 unspecified atom stereocenters. The zero-order valence-corrected chi connectivity index (χ0v) is 10.5. The van der Waals surface area contributed by atoms with Crippen LogP contribution in [0.4, 0.5) is 0 Å². The Morgan fingerprint density at radius 3 is 2.63 bits per heavy atom. The molecule has 6 heteroatoms. The molecule has 2 N–H and O–H groups in total. The number of hydrogen-bond donors (Lipinski definition) is 2. The maximum absolute atomic E-state index is 11.6. The van der Waals surface area contributed by atoms with E-state index in [0.29, 0.717) is 29.0 Å². The van der Waals surface area contributed by atoms with Crippen LogP contribution in [0.2, 0.25) is 0 Å². The van der Waals surface area contributed by atoms with Crippen molar-refractivity contribution in [3.8, 4) is 11.5 Å². The van der Waals surface area contributed by atoms with Crippen LogP contribution in [-0.4, -0.2) is 29.8 Å². The summed E-state index contributed by atoms with van der Waals surface area (Å²) in [6.07, 6.45) is 0. The number of ether oxygens (including phenoxy) is 2. The topological polar surface area (TPSA) is 88.6 Å². The van der Waals surface area contributed by atoms with E-state index in [1.54, 1.807) is 12.1 Å². The first-order chi connectivity index (χ1) is 9.06. The number of aromatic nitrogens is 1. The third-order valence-corrected chi connectivity index (χ3v) is 2.66. The SMILES string of the molecule is CCOc1cc2cc(C(=O)O)c(=O)[nH]c2cc1OC. The number of carboxylic acids is 1. The van der Waals surface area contributed by atoms with Crippen LogP contribution in [-0.2, 0) is 0 Å². The van der Waals surface area contributed by atoms with E-state index < -0.39 is 11.5 Å². The van der Waals surface area contributed by atoms with Gasteiger partial charge in [-0.2, -0.15) is 0 Å². The van der Waals surface area contributed by atoms with Crippen molar-refractivity contribution in [1.82, 2.24) is 4.98 Å². The number of methoxy groups -OCH3 is 1. The van der Waals surface area contributed by atoms with Crippen molar-refractivity contribution < 1.29 is 19.4 Å². The lowest BCUT2D eigenvalue weighted by Gasteiger charge is -2.10. The fraction of sp³-hybridized carbons (Fsp3) is 0.231. The standard InChI is InChI=1S/C13H13NO5/c1-3-19-11-5-7-4-8(13(16)17)12(15)14-9(7)6-10(11)18-2/h4-6H,3H2,1-2H3,(H,14,15)(H,16,17). The highest BCUT2D eigenvalue weighted by molar-refractivity contribution is 5.93. The second-order valence-electron chi connectivity index (χ2n) is 3.84. The van der Waals surface area contributed by atoms with Gasteiger partial charge in [-0.25, -0.2) is 4.79 Å². The Morgan fingerprint density at radius 1 is 1.32 bits per heavy atom. The third kappa shape index (κ3) is 2.37. The number of rotatable bonds is 4. The van der Waals surface area contributed by atoms with Crippen molar-refractivity contribution in [2.75, 3.05) is 13.7 Å². The number of aromatic amines is 1. The van der Waals surface area contributed by atoms with Gasteiger partial charge in [0.15, 0.2) is 11.5 Å². The molecular formula is C13H13NO5. The molecule has 0 aliphatic rings. The lowest BCUT2D eigenvalue weighted by Crippen LogP contribution is -2.17. The predicted octanol–water partition coefficient (Wildman–Crippen LogP) is 1.63. The Hall–Kier alpha value is -2.50. The monoisotopic (exact) mass is 263 g/mol. The molecule has 0 atom stereocenters. The Labute approximate surface area is 108 Å². The van der Waals surface area contributed by atoms with Crippen LogP contribution in [0.1, 0.15) is 17.3 Å². The number of fused-ring (bicyclic) bond motifs is 1. The number of carbonyl (C=O) groups is 1. The van der Waals surface area contributed by atoms with E-state index in [1.165, 1.54) is 13.2 Å². The van der Waals surface area contributed by atoms with Gasteiger partial charge in [0.05, 0.1) is 19.2 Å². The van der Waals surface area contributed by atoms with Crippen LogP contribution < -0.4 is 15.0 Å². The molecule has 1 aromatic heterocycles. The zero-order chi connectivity index (χ0) is 14.0. The van der Waals surface area contributed by atoms with E-state index in [4.69, 9.17) is 14.6 Å². The van der Waals surface area contributed by atoms with Crippen LogP contribution in [0.15, 0.2) is 23.0 Å². The molecule has 0 amide bonds. The predicted molar refractivity (Wildman–Crippen MR) is 69.2 cm³/mol. The summed E-state index contributed by atoms with van der Waals surface area (Å²) in [6, 6.07) is 4.56. The minimum Gasteiger partial charge on any atom is -0.493 e. The average molecular weight is 263 g/mol. The van der Waals surface area contributed by atoms with Crippen LogP contribution in [0.3, 0.4) is 0 Å². The van der Waals surface area contributed by atoms with Gasteiger partial charge in [0.25, 0.3) is 5.56 Å². The maximum Gasteiger partial charge on any atom is 0.341 e. The Morgan fingerprint density at radius 2 is 2.05 bits per heavy atom. The smallest absolute Gasteiger partial charge is 0.341 e. The summed E-state index contributed by atoms with van der Waals surface area (Å²) < 4.78 is 10.6. The van der Waals surface area contributed by atoms with Gasteiger partial charge in [-0.05, 0) is 19.1 Å². The van der Waals surface area contributed by atoms with Crippen LogP contribution in [0.5, 0.6) is 11.5 Å². The first-order valence-corrected chi connectivity index (χ1v) is 5.68. The Kier molecular flexibility index (Phi) is 3.41. The van der Waals surface area contributed by atoms with Gasteiger partial charge in [-0.3, -0.25) is 4.79 Å². The average Bonchev–Trinajstić information content (AvgIpc) is 2.37. The molecule has 0 radical (unpaired) electrons. The van der Waals surface area contributed by atoms with Gasteiger partial charge >= 0.3 is 5.97 Å². The molecule has 19 heavy (non-hydrogen) atoms. The summed E-state index contributed by atoms with van der Waals surface area (Å²) in [5.41, 5.74) is -0.457. The van der Waals surface area contributed by atoms with E-state index in [1.807, 2.05) is 6.92 Å². The second kappa shape index (κ2) is 5.01. The number of hydrogen-bond acceptors (Lipinski definition) is 4. The molecule has 0 fully saturated rings. The van der Waals surface area contributed by atoms with Crippen LogP contribution in [0.25, 0.3) is 10.9 Å². The molecule has 1 heterocycles. The first-order valence-electron chi connectivity index (χ1n) is 5.68. The minimum absolute atomic E-state index is 0.305. The fourth-order valence-electron chi connectivity index (χ4n) is 1.80. The van der Waals surface area contributed by atoms with E-state index in [9.17, 15) is 9.59 Å². The summed E-state index contributed by atoms with van der Waals surface area (Å²) in [4.78, 5) is 25.0. The first kappa shape index (κ1) is 12.9. The van der Waals surface area contributed by atoms with Gasteiger partial charge in [0.1, 0.15) is 5.56 Å². The lowest BCUT2D eigenvalue weighted by molar-refractivity contribution is 0.0695. The highest BCUT2D eigenvalue weighted by Gasteiger charge is 2.13.